The van der Waals surface area contributed by atoms with Crippen LogP contribution in [0.25, 0.3) is 0 Å². The molecule has 4 N–H and O–H groups in total. The van der Waals surface area contributed by atoms with E-state index in [0.717, 1.165) is 11.8 Å². The van der Waals surface area contributed by atoms with Crippen LogP contribution in [-0.4, -0.2) is 27.2 Å². The molecular weight excluding hydrogens is 252 g/mol. The zero-order valence-electron chi connectivity index (χ0n) is 9.83. The van der Waals surface area contributed by atoms with Gasteiger partial charge in [-0.1, -0.05) is 23.9 Å². The largest absolute Gasteiger partial charge is 0.398 e. The summed E-state index contributed by atoms with van der Waals surface area (Å²) in [6.45, 7) is 1.38. The van der Waals surface area contributed by atoms with Crippen molar-refractivity contribution in [2.75, 3.05) is 11.5 Å². The van der Waals surface area contributed by atoms with Gasteiger partial charge >= 0.3 is 0 Å². The molecular formula is C12H14N2O3S. The first kappa shape index (κ1) is 14.5. The van der Waals surface area contributed by atoms with Crippen LogP contribution in [0, 0.1) is 11.3 Å². The molecule has 0 aliphatic heterocycles. The average molecular weight is 266 g/mol. The molecule has 0 radical (unpaired) electrons. The SMILES string of the molecule is CC(=O)SCC(O)C(O)c1cccc(N)c1C#N. The Morgan fingerprint density at radius 2 is 2.22 bits per heavy atom. The lowest BCUT2D eigenvalue weighted by atomic mass is 9.98. The Morgan fingerprint density at radius 3 is 2.78 bits per heavy atom. The second-order valence-corrected chi connectivity index (χ2v) is 4.93. The minimum atomic E-state index is -1.24. The molecule has 1 aromatic rings. The van der Waals surface area contributed by atoms with Crippen molar-refractivity contribution in [1.82, 2.24) is 0 Å². The Bertz CT molecular complexity index is 485. The van der Waals surface area contributed by atoms with Gasteiger partial charge in [-0.3, -0.25) is 4.79 Å². The molecule has 0 spiro atoms. The van der Waals surface area contributed by atoms with Gasteiger partial charge in [0.15, 0.2) is 5.12 Å². The molecule has 6 heteroatoms. The summed E-state index contributed by atoms with van der Waals surface area (Å²) >= 11 is 0.917. The van der Waals surface area contributed by atoms with Crippen molar-refractivity contribution in [2.45, 2.75) is 19.1 Å². The number of nitriles is 1. The number of carbonyl (C=O) groups is 1. The lowest BCUT2D eigenvalue weighted by Gasteiger charge is -2.18. The summed E-state index contributed by atoms with van der Waals surface area (Å²) in [5.74, 6) is 0.0656. The zero-order valence-corrected chi connectivity index (χ0v) is 10.6. The Labute approximate surface area is 109 Å². The molecule has 0 fully saturated rings. The van der Waals surface area contributed by atoms with Crippen LogP contribution in [-0.2, 0) is 4.79 Å². The first-order valence-corrected chi connectivity index (χ1v) is 6.24. The summed E-state index contributed by atoms with van der Waals surface area (Å²) in [5, 5.41) is 28.5. The number of hydrogen-bond donors (Lipinski definition) is 3. The summed E-state index contributed by atoms with van der Waals surface area (Å²) in [6, 6.07) is 6.57. The first-order chi connectivity index (χ1) is 8.47. The van der Waals surface area contributed by atoms with E-state index in [-0.39, 0.29) is 27.7 Å². The molecule has 5 nitrogen and oxygen atoms in total. The lowest BCUT2D eigenvalue weighted by molar-refractivity contribution is -0.109. The molecule has 0 aliphatic rings. The minimum absolute atomic E-state index is 0.0656. The normalized spacial score (nSPS) is 13.7. The molecule has 0 bridgehead atoms. The molecule has 1 aromatic carbocycles. The number of aliphatic hydroxyl groups is 2. The highest BCUT2D eigenvalue weighted by atomic mass is 32.2. The van der Waals surface area contributed by atoms with Crippen molar-refractivity contribution in [1.29, 1.82) is 5.26 Å². The number of hydrogen-bond acceptors (Lipinski definition) is 6. The van der Waals surface area contributed by atoms with Crippen LogP contribution in [0.5, 0.6) is 0 Å². The van der Waals surface area contributed by atoms with Gasteiger partial charge in [-0.05, 0) is 6.07 Å². The minimum Gasteiger partial charge on any atom is -0.398 e. The van der Waals surface area contributed by atoms with Crippen LogP contribution in [0.1, 0.15) is 24.2 Å². The number of nitrogen functional groups attached to an aromatic ring is 1. The molecule has 1 rings (SSSR count). The zero-order chi connectivity index (χ0) is 13.7. The van der Waals surface area contributed by atoms with E-state index in [1.807, 2.05) is 6.07 Å². The van der Waals surface area contributed by atoms with Crippen LogP contribution in [0.4, 0.5) is 5.69 Å². The number of nitrogens with zero attached hydrogens (tertiary/aromatic N) is 1. The topological polar surface area (TPSA) is 107 Å². The Morgan fingerprint density at radius 1 is 1.56 bits per heavy atom. The van der Waals surface area contributed by atoms with Crippen LogP contribution in [0.3, 0.4) is 0 Å². The molecule has 0 saturated carbocycles. The second kappa shape index (κ2) is 6.40. The fourth-order valence-corrected chi connectivity index (χ4v) is 2.05. The van der Waals surface area contributed by atoms with Crippen molar-refractivity contribution >= 4 is 22.6 Å². The highest BCUT2D eigenvalue weighted by Crippen LogP contribution is 2.26. The highest BCUT2D eigenvalue weighted by molar-refractivity contribution is 8.13. The molecule has 18 heavy (non-hydrogen) atoms. The number of rotatable bonds is 4. The number of aliphatic hydroxyl groups excluding tert-OH is 2. The lowest BCUT2D eigenvalue weighted by Crippen LogP contribution is -2.22. The molecule has 0 aromatic heterocycles. The quantitative estimate of drug-likeness (QED) is 0.696. The summed E-state index contributed by atoms with van der Waals surface area (Å²) in [6.07, 6.45) is -2.37. The molecule has 2 unspecified atom stereocenters. The van der Waals surface area contributed by atoms with E-state index in [0.29, 0.717) is 0 Å². The van der Waals surface area contributed by atoms with E-state index < -0.39 is 12.2 Å². The van der Waals surface area contributed by atoms with Gasteiger partial charge in [0.25, 0.3) is 0 Å². The summed E-state index contributed by atoms with van der Waals surface area (Å²) in [7, 11) is 0. The third kappa shape index (κ3) is 3.47. The fraction of sp³-hybridized carbons (Fsp3) is 0.333. The molecule has 96 valence electrons. The molecule has 0 heterocycles. The highest BCUT2D eigenvalue weighted by Gasteiger charge is 2.22. The van der Waals surface area contributed by atoms with Crippen LogP contribution < -0.4 is 5.73 Å². The van der Waals surface area contributed by atoms with Crippen molar-refractivity contribution < 1.29 is 15.0 Å². The van der Waals surface area contributed by atoms with E-state index in [4.69, 9.17) is 11.0 Å². The van der Waals surface area contributed by atoms with E-state index in [1.54, 1.807) is 12.1 Å². The van der Waals surface area contributed by atoms with Gasteiger partial charge in [0.2, 0.25) is 0 Å². The van der Waals surface area contributed by atoms with Gasteiger partial charge in [-0.15, -0.1) is 0 Å². The van der Waals surface area contributed by atoms with Crippen LogP contribution in [0.15, 0.2) is 18.2 Å². The van der Waals surface area contributed by atoms with E-state index in [9.17, 15) is 15.0 Å². The maximum atomic E-state index is 10.8. The smallest absolute Gasteiger partial charge is 0.185 e. The summed E-state index contributed by atoms with van der Waals surface area (Å²) in [5.41, 5.74) is 6.29. The third-order valence-corrected chi connectivity index (χ3v) is 3.30. The number of thioether (sulfide) groups is 1. The van der Waals surface area contributed by atoms with E-state index in [2.05, 4.69) is 0 Å². The Hall–Kier alpha value is -1.55. The summed E-state index contributed by atoms with van der Waals surface area (Å²) < 4.78 is 0. The number of carbonyl (C=O) groups excluding carboxylic acids is 1. The van der Waals surface area contributed by atoms with Gasteiger partial charge in [-0.25, -0.2) is 0 Å². The number of benzene rings is 1. The van der Waals surface area contributed by atoms with Crippen LogP contribution in [0.2, 0.25) is 0 Å². The summed E-state index contributed by atoms with van der Waals surface area (Å²) in [4.78, 5) is 10.8. The van der Waals surface area contributed by atoms with E-state index in [1.165, 1.54) is 13.0 Å². The maximum Gasteiger partial charge on any atom is 0.185 e. The number of anilines is 1. The average Bonchev–Trinajstić information content (AvgIpc) is 2.34. The Kier molecular flexibility index (Phi) is 5.16. The molecule has 0 amide bonds. The monoisotopic (exact) mass is 266 g/mol. The standard InChI is InChI=1S/C12H14N2O3S/c1-7(15)18-6-11(16)12(17)8-3-2-4-10(14)9(8)5-13/h2-4,11-12,16-17H,6,14H2,1H3. The van der Waals surface area contributed by atoms with Gasteiger partial charge < -0.3 is 15.9 Å². The van der Waals surface area contributed by atoms with Gasteiger partial charge in [-0.2, -0.15) is 5.26 Å². The Balaban J connectivity index is 2.90. The maximum absolute atomic E-state index is 10.8. The fourth-order valence-electron chi connectivity index (χ4n) is 1.47. The molecule has 2 atom stereocenters. The first-order valence-electron chi connectivity index (χ1n) is 5.25. The predicted molar refractivity (Wildman–Crippen MR) is 69.7 cm³/mol. The molecule has 0 aliphatic carbocycles. The van der Waals surface area contributed by atoms with E-state index >= 15 is 0 Å². The van der Waals surface area contributed by atoms with Gasteiger partial charge in [0.05, 0.1) is 11.7 Å². The van der Waals surface area contributed by atoms with Crippen molar-refractivity contribution in [3.8, 4) is 6.07 Å². The molecule has 0 saturated heterocycles. The van der Waals surface area contributed by atoms with Crippen molar-refractivity contribution in [3.63, 3.8) is 0 Å². The third-order valence-electron chi connectivity index (χ3n) is 2.38. The van der Waals surface area contributed by atoms with Gasteiger partial charge in [0.1, 0.15) is 12.2 Å². The predicted octanol–water partition coefficient (Wildman–Crippen LogP) is 0.814. The second-order valence-electron chi connectivity index (χ2n) is 3.74. The van der Waals surface area contributed by atoms with Gasteiger partial charge in [0, 0.05) is 23.9 Å². The van der Waals surface area contributed by atoms with Crippen LogP contribution >= 0.6 is 11.8 Å². The van der Waals surface area contributed by atoms with Crippen molar-refractivity contribution in [3.05, 3.63) is 29.3 Å². The number of nitrogens with two attached hydrogens (primary N) is 1. The van der Waals surface area contributed by atoms with Crippen molar-refractivity contribution in [2.24, 2.45) is 0 Å².